The lowest BCUT2D eigenvalue weighted by Gasteiger charge is -2.39. The Morgan fingerprint density at radius 2 is 2.13 bits per heavy atom. The van der Waals surface area contributed by atoms with Gasteiger partial charge < -0.3 is 4.74 Å². The number of hydrogen-bond acceptors (Lipinski definition) is 4. The van der Waals surface area contributed by atoms with Gasteiger partial charge in [0.25, 0.3) is 0 Å². The van der Waals surface area contributed by atoms with Crippen molar-refractivity contribution in [2.24, 2.45) is 5.41 Å². The number of sulfonamides is 1. The second kappa shape index (κ2) is 8.10. The van der Waals surface area contributed by atoms with Crippen LogP contribution >= 0.6 is 11.6 Å². The summed E-state index contributed by atoms with van der Waals surface area (Å²) in [6.45, 7) is 6.06. The molecule has 0 bridgehead atoms. The number of benzene rings is 1. The zero-order chi connectivity index (χ0) is 21.4. The normalized spacial score (nSPS) is 20.2. The Labute approximate surface area is 182 Å². The van der Waals surface area contributed by atoms with E-state index in [0.29, 0.717) is 43.6 Å². The molecule has 1 aromatic heterocycles. The number of piperidine rings is 1. The molecule has 0 spiro atoms. The van der Waals surface area contributed by atoms with Gasteiger partial charge in [-0.1, -0.05) is 48.9 Å². The molecule has 1 fully saturated rings. The Kier molecular flexibility index (Phi) is 5.67. The summed E-state index contributed by atoms with van der Waals surface area (Å²) in [6, 6.07) is 7.41. The molecule has 3 heterocycles. The Bertz CT molecular complexity index is 1160. The Morgan fingerprint density at radius 3 is 2.90 bits per heavy atom. The molecule has 0 aliphatic carbocycles. The lowest BCUT2D eigenvalue weighted by Crippen LogP contribution is -2.44. The molecule has 6 nitrogen and oxygen atoms in total. The smallest absolute Gasteiger partial charge is 0.250 e. The van der Waals surface area contributed by atoms with Crippen LogP contribution in [0.15, 0.2) is 47.0 Å². The largest absolute Gasteiger partial charge is 0.477 e. The van der Waals surface area contributed by atoms with Gasteiger partial charge in [0, 0.05) is 42.1 Å². The van der Waals surface area contributed by atoms with E-state index in [-0.39, 0.29) is 10.3 Å². The molecule has 1 saturated heterocycles. The quantitative estimate of drug-likeness (QED) is 0.661. The van der Waals surface area contributed by atoms with Gasteiger partial charge in [-0.15, -0.1) is 0 Å². The third-order valence-corrected chi connectivity index (χ3v) is 7.55. The van der Waals surface area contributed by atoms with Crippen LogP contribution in [0.4, 0.5) is 0 Å². The molecule has 1 aromatic carbocycles. The number of allylic oxidation sites excluding steroid dienone is 1. The van der Waals surface area contributed by atoms with E-state index in [2.05, 4.69) is 16.9 Å². The minimum absolute atomic E-state index is 0.158. The zero-order valence-corrected chi connectivity index (χ0v) is 18.6. The maximum absolute atomic E-state index is 13.3. The summed E-state index contributed by atoms with van der Waals surface area (Å²) in [5.41, 5.74) is 1.66. The first kappa shape index (κ1) is 21.0. The van der Waals surface area contributed by atoms with Crippen LogP contribution in [0.5, 0.6) is 5.88 Å². The molecule has 2 aliphatic rings. The second-order valence-corrected chi connectivity index (χ2v) is 10.5. The van der Waals surface area contributed by atoms with E-state index >= 15 is 0 Å². The van der Waals surface area contributed by atoms with Crippen molar-refractivity contribution in [3.05, 3.63) is 52.7 Å². The lowest BCUT2D eigenvalue weighted by molar-refractivity contribution is 0.221. The van der Waals surface area contributed by atoms with Gasteiger partial charge in [0.05, 0.1) is 12.8 Å². The van der Waals surface area contributed by atoms with Crippen LogP contribution < -0.4 is 4.74 Å². The number of fused-ring (bicyclic) bond motifs is 1. The molecule has 0 amide bonds. The standard InChI is InChI=1S/C22H24ClN3O3S/c1-22(2)16-25(30(27,28)20-15-24-26-11-5-13-29-21(20)26)12-10-18(22)8-3-6-17-7-4-9-19(23)14-17/h4,7-9,14-15H,5,10-13,16H2,1-2H3/b18-8+. The van der Waals surface area contributed by atoms with Crippen molar-refractivity contribution in [2.45, 2.75) is 38.1 Å². The first-order chi connectivity index (χ1) is 14.3. The minimum Gasteiger partial charge on any atom is -0.477 e. The van der Waals surface area contributed by atoms with E-state index < -0.39 is 10.0 Å². The number of aromatic nitrogens is 2. The molecule has 30 heavy (non-hydrogen) atoms. The maximum atomic E-state index is 13.3. The predicted molar refractivity (Wildman–Crippen MR) is 116 cm³/mol. The molecule has 8 heteroatoms. The number of halogens is 1. The number of nitrogens with zero attached hydrogens (tertiary/aromatic N) is 3. The third kappa shape index (κ3) is 4.13. The third-order valence-electron chi connectivity index (χ3n) is 5.49. The summed E-state index contributed by atoms with van der Waals surface area (Å²) >= 11 is 6.00. The molecule has 158 valence electrons. The van der Waals surface area contributed by atoms with Gasteiger partial charge in [0.15, 0.2) is 4.90 Å². The molecule has 0 saturated carbocycles. The van der Waals surface area contributed by atoms with E-state index in [4.69, 9.17) is 16.3 Å². The number of aryl methyl sites for hydroxylation is 1. The Morgan fingerprint density at radius 1 is 1.30 bits per heavy atom. The first-order valence-corrected chi connectivity index (χ1v) is 11.7. The molecule has 0 radical (unpaired) electrons. The molecular formula is C22H24ClN3O3S. The van der Waals surface area contributed by atoms with Crippen molar-refractivity contribution in [1.82, 2.24) is 14.1 Å². The van der Waals surface area contributed by atoms with Gasteiger partial charge >= 0.3 is 0 Å². The van der Waals surface area contributed by atoms with Gasteiger partial charge in [-0.3, -0.25) is 0 Å². The SMILES string of the molecule is CC1(C)CN(S(=O)(=O)c2cnn3c2OCCC3)CC/C1=C\C#Cc1cccc(Cl)c1. The van der Waals surface area contributed by atoms with Crippen LogP contribution in [-0.2, 0) is 16.6 Å². The van der Waals surface area contributed by atoms with Crippen LogP contribution in [-0.4, -0.2) is 42.2 Å². The molecule has 0 unspecified atom stereocenters. The molecule has 0 atom stereocenters. The number of rotatable bonds is 2. The highest BCUT2D eigenvalue weighted by Crippen LogP contribution is 2.38. The van der Waals surface area contributed by atoms with Crippen molar-refractivity contribution < 1.29 is 13.2 Å². The summed E-state index contributed by atoms with van der Waals surface area (Å²) in [5, 5.41) is 4.84. The first-order valence-electron chi connectivity index (χ1n) is 9.93. The van der Waals surface area contributed by atoms with E-state index in [9.17, 15) is 8.42 Å². The van der Waals surface area contributed by atoms with Gasteiger partial charge in [-0.05, 0) is 30.7 Å². The van der Waals surface area contributed by atoms with E-state index in [1.165, 1.54) is 10.5 Å². The van der Waals surface area contributed by atoms with Crippen molar-refractivity contribution in [3.63, 3.8) is 0 Å². The van der Waals surface area contributed by atoms with Crippen LogP contribution in [0, 0.1) is 17.3 Å². The summed E-state index contributed by atoms with van der Waals surface area (Å²) in [6.07, 6.45) is 4.77. The second-order valence-electron chi connectivity index (χ2n) is 8.16. The monoisotopic (exact) mass is 445 g/mol. The minimum atomic E-state index is -3.68. The van der Waals surface area contributed by atoms with E-state index in [1.54, 1.807) is 4.68 Å². The highest BCUT2D eigenvalue weighted by molar-refractivity contribution is 7.89. The topological polar surface area (TPSA) is 64.4 Å². The van der Waals surface area contributed by atoms with Crippen molar-refractivity contribution in [2.75, 3.05) is 19.7 Å². The fraction of sp³-hybridized carbons (Fsp3) is 0.409. The fourth-order valence-corrected chi connectivity index (χ4v) is 5.67. The van der Waals surface area contributed by atoms with Crippen LogP contribution in [0.3, 0.4) is 0 Å². The summed E-state index contributed by atoms with van der Waals surface area (Å²) < 4.78 is 35.3. The van der Waals surface area contributed by atoms with E-state index in [0.717, 1.165) is 17.6 Å². The van der Waals surface area contributed by atoms with Gasteiger partial charge in [-0.25, -0.2) is 13.1 Å². The lowest BCUT2D eigenvalue weighted by atomic mass is 9.79. The Hall–Kier alpha value is -2.27. The summed E-state index contributed by atoms with van der Waals surface area (Å²) in [5.74, 6) is 6.56. The predicted octanol–water partition coefficient (Wildman–Crippen LogP) is 3.72. The van der Waals surface area contributed by atoms with Crippen LogP contribution in [0.25, 0.3) is 0 Å². The van der Waals surface area contributed by atoms with E-state index in [1.807, 2.05) is 44.2 Å². The average molecular weight is 446 g/mol. The average Bonchev–Trinajstić information content (AvgIpc) is 3.14. The molecular weight excluding hydrogens is 422 g/mol. The molecule has 2 aromatic rings. The van der Waals surface area contributed by atoms with Crippen LogP contribution in [0.2, 0.25) is 5.02 Å². The van der Waals surface area contributed by atoms with Gasteiger partial charge in [0.1, 0.15) is 0 Å². The maximum Gasteiger partial charge on any atom is 0.250 e. The molecule has 2 aliphatic heterocycles. The fourth-order valence-electron chi connectivity index (χ4n) is 3.81. The van der Waals surface area contributed by atoms with Crippen molar-refractivity contribution in [1.29, 1.82) is 0 Å². The number of hydrogen-bond donors (Lipinski definition) is 0. The zero-order valence-electron chi connectivity index (χ0n) is 17.1. The van der Waals surface area contributed by atoms with Crippen molar-refractivity contribution in [3.8, 4) is 17.7 Å². The highest BCUT2D eigenvalue weighted by atomic mass is 35.5. The van der Waals surface area contributed by atoms with Crippen LogP contribution in [0.1, 0.15) is 32.3 Å². The number of ether oxygens (including phenoxy) is 1. The van der Waals surface area contributed by atoms with Crippen molar-refractivity contribution >= 4 is 21.6 Å². The van der Waals surface area contributed by atoms with Gasteiger partial charge in [0.2, 0.25) is 15.9 Å². The Balaban J connectivity index is 1.53. The highest BCUT2D eigenvalue weighted by Gasteiger charge is 2.39. The summed E-state index contributed by atoms with van der Waals surface area (Å²) in [4.78, 5) is 0.158. The van der Waals surface area contributed by atoms with Gasteiger partial charge in [-0.2, -0.15) is 9.40 Å². The summed E-state index contributed by atoms with van der Waals surface area (Å²) in [7, 11) is -3.68. The molecule has 4 rings (SSSR count). The molecule has 0 N–H and O–H groups in total.